The third-order valence-corrected chi connectivity index (χ3v) is 8.61. The topological polar surface area (TPSA) is 120 Å². The molecule has 2 amide bonds. The van der Waals surface area contributed by atoms with E-state index in [0.29, 0.717) is 28.2 Å². The van der Waals surface area contributed by atoms with Gasteiger partial charge in [0.2, 0.25) is 5.91 Å². The number of nitrogens with one attached hydrogen (secondary N) is 3. The van der Waals surface area contributed by atoms with Crippen molar-refractivity contribution in [2.75, 3.05) is 11.9 Å². The highest BCUT2D eigenvalue weighted by Gasteiger charge is 2.33. The number of halogens is 3. The number of amides is 2. The van der Waals surface area contributed by atoms with Gasteiger partial charge in [-0.2, -0.15) is 11.8 Å². The predicted octanol–water partition coefficient (Wildman–Crippen LogP) is 4.58. The summed E-state index contributed by atoms with van der Waals surface area (Å²) in [6.07, 6.45) is 8.54. The second kappa shape index (κ2) is 13.7. The molecule has 4 rings (SSSR count). The Hall–Kier alpha value is -2.04. The van der Waals surface area contributed by atoms with Crippen molar-refractivity contribution in [3.8, 4) is 0 Å². The summed E-state index contributed by atoms with van der Waals surface area (Å²) >= 11 is 14.0. The summed E-state index contributed by atoms with van der Waals surface area (Å²) in [5, 5.41) is 19.7. The van der Waals surface area contributed by atoms with Crippen LogP contribution in [0.5, 0.6) is 0 Å². The van der Waals surface area contributed by atoms with Crippen molar-refractivity contribution in [1.29, 1.82) is 0 Å². The second-order valence-corrected chi connectivity index (χ2v) is 11.5. The van der Waals surface area contributed by atoms with Gasteiger partial charge in [-0.15, -0.1) is 12.4 Å². The first kappa shape index (κ1) is 29.5. The molecule has 37 heavy (non-hydrogen) atoms. The molecule has 0 radical (unpaired) electrons. The number of aliphatic carboxylic acids is 1. The van der Waals surface area contributed by atoms with Crippen LogP contribution >= 0.6 is 47.4 Å². The van der Waals surface area contributed by atoms with Crippen molar-refractivity contribution >= 4 is 70.8 Å². The summed E-state index contributed by atoms with van der Waals surface area (Å²) in [4.78, 5) is 41.0. The fraction of sp³-hybridized carbons (Fsp3) is 0.440. The number of carboxylic acid groups (broad SMARTS) is 1. The van der Waals surface area contributed by atoms with Crippen LogP contribution < -0.4 is 16.0 Å². The number of hydrogen-bond acceptors (Lipinski definition) is 6. The van der Waals surface area contributed by atoms with E-state index in [-0.39, 0.29) is 46.4 Å². The number of thioether (sulfide) groups is 1. The molecule has 0 spiro atoms. The van der Waals surface area contributed by atoms with E-state index in [4.69, 9.17) is 23.2 Å². The molecule has 0 bridgehead atoms. The SMILES string of the molecule is Cl.O=C(Nc1ccc(C[C@H](NC(=O)[C@@H]2C[C@@H](SC3CCCC3)CN2)C(=O)O)cc1)c1c(Cl)cncc1Cl. The van der Waals surface area contributed by atoms with Crippen molar-refractivity contribution in [3.63, 3.8) is 0 Å². The van der Waals surface area contributed by atoms with Crippen molar-refractivity contribution in [3.05, 3.63) is 57.8 Å². The zero-order valence-corrected chi connectivity index (χ0v) is 23.1. The quantitative estimate of drug-likeness (QED) is 0.339. The lowest BCUT2D eigenvalue weighted by Crippen LogP contribution is -2.49. The zero-order valence-electron chi connectivity index (χ0n) is 19.9. The maximum absolute atomic E-state index is 12.8. The molecule has 1 aliphatic heterocycles. The number of anilines is 1. The summed E-state index contributed by atoms with van der Waals surface area (Å²) in [5.74, 6) is -1.87. The first-order valence-corrected chi connectivity index (χ1v) is 13.6. The lowest BCUT2D eigenvalue weighted by atomic mass is 10.0. The molecular formula is C25H29Cl3N4O4S. The standard InChI is InChI=1S/C25H28Cl2N4O4S.ClH/c26-18-12-28-13-19(27)22(18)24(33)30-15-7-5-14(6-8-15)9-21(25(34)35)31-23(32)20-10-17(11-29-20)36-16-3-1-2-4-16;/h5-8,12-13,16-17,20-21,29H,1-4,9-11H2,(H,30,33)(H,31,32)(H,34,35);1H/t17-,20+,21+;/m1./s1. The van der Waals surface area contributed by atoms with E-state index in [1.54, 1.807) is 24.3 Å². The first-order chi connectivity index (χ1) is 17.3. The Labute approximate surface area is 236 Å². The van der Waals surface area contributed by atoms with Gasteiger partial charge in [0.1, 0.15) is 6.04 Å². The monoisotopic (exact) mass is 586 g/mol. The molecule has 200 valence electrons. The minimum atomic E-state index is -1.10. The molecule has 1 aromatic heterocycles. The highest BCUT2D eigenvalue weighted by atomic mass is 35.5. The van der Waals surface area contributed by atoms with E-state index in [1.165, 1.54) is 38.1 Å². The Balaban J connectivity index is 0.00000380. The molecule has 1 aromatic carbocycles. The van der Waals surface area contributed by atoms with E-state index in [1.807, 2.05) is 11.8 Å². The number of benzene rings is 1. The number of carbonyl (C=O) groups excluding carboxylic acids is 2. The number of carbonyl (C=O) groups is 3. The number of hydrogen-bond donors (Lipinski definition) is 4. The summed E-state index contributed by atoms with van der Waals surface area (Å²) in [7, 11) is 0. The normalized spacial score (nSPS) is 20.2. The first-order valence-electron chi connectivity index (χ1n) is 11.9. The van der Waals surface area contributed by atoms with Crippen LogP contribution in [0, 0.1) is 0 Å². The van der Waals surface area contributed by atoms with Crippen LogP contribution in [0.15, 0.2) is 36.7 Å². The lowest BCUT2D eigenvalue weighted by molar-refractivity contribution is -0.142. The number of carboxylic acids is 1. The smallest absolute Gasteiger partial charge is 0.326 e. The molecule has 0 unspecified atom stereocenters. The van der Waals surface area contributed by atoms with Crippen LogP contribution in [0.1, 0.15) is 48.0 Å². The van der Waals surface area contributed by atoms with Gasteiger partial charge in [0.05, 0.1) is 21.7 Å². The molecule has 8 nitrogen and oxygen atoms in total. The van der Waals surface area contributed by atoms with Crippen LogP contribution in [0.25, 0.3) is 0 Å². The van der Waals surface area contributed by atoms with Crippen molar-refractivity contribution in [1.82, 2.24) is 15.6 Å². The van der Waals surface area contributed by atoms with Crippen LogP contribution in [0.4, 0.5) is 5.69 Å². The highest BCUT2D eigenvalue weighted by Crippen LogP contribution is 2.35. The summed E-state index contributed by atoms with van der Waals surface area (Å²) < 4.78 is 0. The maximum Gasteiger partial charge on any atom is 0.326 e. The molecule has 4 N–H and O–H groups in total. The van der Waals surface area contributed by atoms with Crippen LogP contribution in [0.3, 0.4) is 0 Å². The van der Waals surface area contributed by atoms with E-state index in [2.05, 4.69) is 20.9 Å². The molecule has 2 aliphatic rings. The molecule has 1 saturated carbocycles. The van der Waals surface area contributed by atoms with E-state index < -0.39 is 17.9 Å². The second-order valence-electron chi connectivity index (χ2n) is 9.09. The van der Waals surface area contributed by atoms with Gasteiger partial charge >= 0.3 is 5.97 Å². The van der Waals surface area contributed by atoms with Crippen molar-refractivity contribution in [2.45, 2.75) is 61.1 Å². The Morgan fingerprint density at radius 1 is 1.08 bits per heavy atom. The van der Waals surface area contributed by atoms with Crippen LogP contribution in [0.2, 0.25) is 10.0 Å². The molecule has 2 aromatic rings. The van der Waals surface area contributed by atoms with E-state index >= 15 is 0 Å². The van der Waals surface area contributed by atoms with Gasteiger partial charge in [-0.1, -0.05) is 48.2 Å². The van der Waals surface area contributed by atoms with Crippen LogP contribution in [-0.2, 0) is 16.0 Å². The zero-order chi connectivity index (χ0) is 25.7. The Bertz CT molecular complexity index is 1100. The summed E-state index contributed by atoms with van der Waals surface area (Å²) in [6, 6.07) is 5.28. The van der Waals surface area contributed by atoms with Gasteiger partial charge in [-0.05, 0) is 37.0 Å². The van der Waals surface area contributed by atoms with Crippen molar-refractivity contribution in [2.24, 2.45) is 0 Å². The van der Waals surface area contributed by atoms with Gasteiger partial charge in [-0.3, -0.25) is 14.6 Å². The molecule has 12 heteroatoms. The van der Waals surface area contributed by atoms with Gasteiger partial charge in [0, 0.05) is 41.5 Å². The molecule has 3 atom stereocenters. The summed E-state index contributed by atoms with van der Waals surface area (Å²) in [6.45, 7) is 0.764. The average molecular weight is 588 g/mol. The van der Waals surface area contributed by atoms with Gasteiger partial charge in [0.25, 0.3) is 5.91 Å². The molecule has 2 heterocycles. The molecule has 1 aliphatic carbocycles. The number of pyridine rings is 1. The third-order valence-electron chi connectivity index (χ3n) is 6.44. The van der Waals surface area contributed by atoms with Gasteiger partial charge in [-0.25, -0.2) is 4.79 Å². The fourth-order valence-electron chi connectivity index (χ4n) is 4.56. The maximum atomic E-state index is 12.8. The average Bonchev–Trinajstić information content (AvgIpc) is 3.52. The Morgan fingerprint density at radius 2 is 1.73 bits per heavy atom. The fourth-order valence-corrected chi connectivity index (χ4v) is 6.74. The number of aromatic nitrogens is 1. The predicted molar refractivity (Wildman–Crippen MR) is 149 cm³/mol. The van der Waals surface area contributed by atoms with E-state index in [9.17, 15) is 19.5 Å². The molecule has 2 fully saturated rings. The van der Waals surface area contributed by atoms with E-state index in [0.717, 1.165) is 6.54 Å². The summed E-state index contributed by atoms with van der Waals surface area (Å²) in [5.41, 5.74) is 1.31. The number of rotatable bonds is 9. The van der Waals surface area contributed by atoms with Crippen molar-refractivity contribution < 1.29 is 19.5 Å². The molecular weight excluding hydrogens is 559 g/mol. The Morgan fingerprint density at radius 3 is 2.35 bits per heavy atom. The minimum absolute atomic E-state index is 0. The lowest BCUT2D eigenvalue weighted by Gasteiger charge is -2.18. The molecule has 1 saturated heterocycles. The third kappa shape index (κ3) is 7.97. The van der Waals surface area contributed by atoms with Gasteiger partial charge < -0.3 is 21.1 Å². The van der Waals surface area contributed by atoms with Crippen LogP contribution in [-0.4, -0.2) is 57.0 Å². The largest absolute Gasteiger partial charge is 0.480 e. The van der Waals surface area contributed by atoms with Gasteiger partial charge in [0.15, 0.2) is 0 Å². The highest BCUT2D eigenvalue weighted by molar-refractivity contribution is 8.00. The number of nitrogens with zero attached hydrogens (tertiary/aromatic N) is 1. The Kier molecular flexibility index (Phi) is 10.9. The minimum Gasteiger partial charge on any atom is -0.480 e.